The number of ether oxygens (including phenoxy) is 2. The Labute approximate surface area is 144 Å². The number of carbonyl (C=O) groups excluding carboxylic acids is 2. The minimum atomic E-state index is -2.91. The summed E-state index contributed by atoms with van der Waals surface area (Å²) in [6.45, 7) is -3.39. The van der Waals surface area contributed by atoms with Crippen molar-refractivity contribution in [3.8, 4) is 5.75 Å². The van der Waals surface area contributed by atoms with E-state index in [1.807, 2.05) is 0 Å². The van der Waals surface area contributed by atoms with Crippen molar-refractivity contribution >= 4 is 33.5 Å². The number of halogens is 3. The summed E-state index contributed by atoms with van der Waals surface area (Å²) in [4.78, 5) is 23.6. The molecule has 24 heavy (non-hydrogen) atoms. The molecule has 0 saturated carbocycles. The Hall–Kier alpha value is -2.48. The predicted molar refractivity (Wildman–Crippen MR) is 86.1 cm³/mol. The van der Waals surface area contributed by atoms with Crippen LogP contribution in [-0.2, 0) is 9.53 Å². The van der Waals surface area contributed by atoms with Gasteiger partial charge in [-0.25, -0.2) is 4.79 Å². The Morgan fingerprint density at radius 3 is 2.38 bits per heavy atom. The van der Waals surface area contributed by atoms with Crippen molar-refractivity contribution in [2.75, 3.05) is 11.9 Å². The van der Waals surface area contributed by atoms with Crippen molar-refractivity contribution in [3.63, 3.8) is 0 Å². The van der Waals surface area contributed by atoms with Crippen LogP contribution in [0.25, 0.3) is 0 Å². The van der Waals surface area contributed by atoms with E-state index in [4.69, 9.17) is 4.74 Å². The minimum absolute atomic E-state index is 0.0247. The Balaban J connectivity index is 1.85. The summed E-state index contributed by atoms with van der Waals surface area (Å²) in [6, 6.07) is 12.0. The second-order valence-electron chi connectivity index (χ2n) is 4.51. The van der Waals surface area contributed by atoms with Crippen LogP contribution in [0.4, 0.5) is 14.5 Å². The third-order valence-electron chi connectivity index (χ3n) is 2.79. The Morgan fingerprint density at radius 2 is 1.75 bits per heavy atom. The lowest BCUT2D eigenvalue weighted by Gasteiger charge is -2.08. The number of alkyl halides is 2. The molecule has 0 bridgehead atoms. The molecule has 2 aromatic rings. The quantitative estimate of drug-likeness (QED) is 0.749. The molecule has 5 nitrogen and oxygen atoms in total. The second kappa shape index (κ2) is 8.39. The molecular weight excluding hydrogens is 388 g/mol. The maximum absolute atomic E-state index is 12.0. The molecule has 2 rings (SSSR count). The molecule has 126 valence electrons. The van der Waals surface area contributed by atoms with Crippen molar-refractivity contribution in [2.24, 2.45) is 0 Å². The monoisotopic (exact) mass is 399 g/mol. The zero-order valence-electron chi connectivity index (χ0n) is 12.2. The van der Waals surface area contributed by atoms with E-state index in [2.05, 4.69) is 26.0 Å². The van der Waals surface area contributed by atoms with Crippen LogP contribution < -0.4 is 10.1 Å². The van der Waals surface area contributed by atoms with Gasteiger partial charge in [0.2, 0.25) is 0 Å². The van der Waals surface area contributed by atoms with Gasteiger partial charge in [-0.05, 0) is 52.3 Å². The van der Waals surface area contributed by atoms with Crippen LogP contribution in [0.3, 0.4) is 0 Å². The van der Waals surface area contributed by atoms with Crippen molar-refractivity contribution in [3.05, 3.63) is 58.6 Å². The van der Waals surface area contributed by atoms with Gasteiger partial charge in [-0.3, -0.25) is 4.79 Å². The van der Waals surface area contributed by atoms with Gasteiger partial charge in [0.25, 0.3) is 5.91 Å². The van der Waals surface area contributed by atoms with E-state index in [0.717, 1.165) is 0 Å². The average Bonchev–Trinajstić information content (AvgIpc) is 2.54. The number of anilines is 1. The van der Waals surface area contributed by atoms with Crippen molar-refractivity contribution < 1.29 is 27.8 Å². The van der Waals surface area contributed by atoms with Gasteiger partial charge < -0.3 is 14.8 Å². The summed E-state index contributed by atoms with van der Waals surface area (Å²) in [5, 5.41) is 2.47. The minimum Gasteiger partial charge on any atom is -0.452 e. The summed E-state index contributed by atoms with van der Waals surface area (Å²) in [5.41, 5.74) is 0.664. The molecule has 0 aromatic heterocycles. The average molecular weight is 400 g/mol. The number of hydrogen-bond donors (Lipinski definition) is 1. The first-order valence-corrected chi connectivity index (χ1v) is 7.51. The van der Waals surface area contributed by atoms with Gasteiger partial charge in [-0.1, -0.05) is 12.1 Å². The van der Waals surface area contributed by atoms with E-state index in [0.29, 0.717) is 15.7 Å². The molecule has 0 aliphatic rings. The van der Waals surface area contributed by atoms with E-state index in [9.17, 15) is 18.4 Å². The highest BCUT2D eigenvalue weighted by Crippen LogP contribution is 2.18. The SMILES string of the molecule is O=C(COC(=O)c1ccccc1Br)Nc1ccc(OC(F)F)cc1. The lowest BCUT2D eigenvalue weighted by molar-refractivity contribution is -0.119. The summed E-state index contributed by atoms with van der Waals surface area (Å²) in [6.07, 6.45) is 0. The van der Waals surface area contributed by atoms with Crippen LogP contribution in [-0.4, -0.2) is 25.1 Å². The van der Waals surface area contributed by atoms with E-state index >= 15 is 0 Å². The highest BCUT2D eigenvalue weighted by molar-refractivity contribution is 9.10. The molecule has 1 N–H and O–H groups in total. The summed E-state index contributed by atoms with van der Waals surface area (Å²) >= 11 is 3.21. The third-order valence-corrected chi connectivity index (χ3v) is 3.48. The molecule has 0 radical (unpaired) electrons. The standard InChI is InChI=1S/C16H12BrF2NO4/c17-13-4-2-1-3-12(13)15(22)23-9-14(21)20-10-5-7-11(8-6-10)24-16(18)19/h1-8,16H,9H2,(H,20,21). The van der Waals surface area contributed by atoms with Gasteiger partial charge in [0, 0.05) is 10.2 Å². The molecule has 1 amide bonds. The maximum Gasteiger partial charge on any atom is 0.387 e. The summed E-state index contributed by atoms with van der Waals surface area (Å²) in [5.74, 6) is -1.22. The van der Waals surface area contributed by atoms with Gasteiger partial charge in [0.15, 0.2) is 6.61 Å². The normalized spacial score (nSPS) is 10.3. The lowest BCUT2D eigenvalue weighted by Crippen LogP contribution is -2.21. The number of hydrogen-bond acceptors (Lipinski definition) is 4. The number of rotatable bonds is 6. The van der Waals surface area contributed by atoms with Crippen LogP contribution in [0.15, 0.2) is 53.0 Å². The maximum atomic E-state index is 12.0. The number of amides is 1. The number of benzene rings is 2. The van der Waals surface area contributed by atoms with E-state index in [-0.39, 0.29) is 5.75 Å². The van der Waals surface area contributed by atoms with Gasteiger partial charge in [-0.2, -0.15) is 8.78 Å². The zero-order valence-corrected chi connectivity index (χ0v) is 13.8. The highest BCUT2D eigenvalue weighted by atomic mass is 79.9. The van der Waals surface area contributed by atoms with Crippen LogP contribution in [0.5, 0.6) is 5.75 Å². The van der Waals surface area contributed by atoms with Crippen molar-refractivity contribution in [1.82, 2.24) is 0 Å². The Bertz CT molecular complexity index is 722. The van der Waals surface area contributed by atoms with Crippen LogP contribution in [0, 0.1) is 0 Å². The molecule has 2 aromatic carbocycles. The van der Waals surface area contributed by atoms with E-state index < -0.39 is 25.1 Å². The fourth-order valence-corrected chi connectivity index (χ4v) is 2.20. The largest absolute Gasteiger partial charge is 0.452 e. The molecule has 0 saturated heterocycles. The first-order valence-electron chi connectivity index (χ1n) is 6.72. The van der Waals surface area contributed by atoms with Crippen LogP contribution in [0.2, 0.25) is 0 Å². The van der Waals surface area contributed by atoms with Crippen molar-refractivity contribution in [2.45, 2.75) is 6.61 Å². The summed E-state index contributed by atoms with van der Waals surface area (Å²) in [7, 11) is 0. The molecule has 0 fully saturated rings. The van der Waals surface area contributed by atoms with E-state index in [1.54, 1.807) is 24.3 Å². The molecule has 0 unspecified atom stereocenters. The number of carbonyl (C=O) groups is 2. The predicted octanol–water partition coefficient (Wildman–Crippen LogP) is 3.85. The Kier molecular flexibility index (Phi) is 6.25. The molecule has 0 aliphatic heterocycles. The smallest absolute Gasteiger partial charge is 0.387 e. The van der Waals surface area contributed by atoms with Crippen LogP contribution >= 0.6 is 15.9 Å². The van der Waals surface area contributed by atoms with Gasteiger partial charge >= 0.3 is 12.6 Å². The van der Waals surface area contributed by atoms with Crippen LogP contribution in [0.1, 0.15) is 10.4 Å². The topological polar surface area (TPSA) is 64.6 Å². The first-order chi connectivity index (χ1) is 11.5. The lowest BCUT2D eigenvalue weighted by atomic mass is 10.2. The van der Waals surface area contributed by atoms with Gasteiger partial charge in [-0.15, -0.1) is 0 Å². The molecule has 0 heterocycles. The molecule has 8 heteroatoms. The molecule has 0 aliphatic carbocycles. The Morgan fingerprint density at radius 1 is 1.08 bits per heavy atom. The second-order valence-corrected chi connectivity index (χ2v) is 5.36. The number of nitrogens with one attached hydrogen (secondary N) is 1. The first kappa shape index (κ1) is 17.9. The molecular formula is C16H12BrF2NO4. The van der Waals surface area contributed by atoms with Gasteiger partial charge in [0.05, 0.1) is 5.56 Å². The third kappa shape index (κ3) is 5.31. The van der Waals surface area contributed by atoms with Crippen molar-refractivity contribution in [1.29, 1.82) is 0 Å². The number of esters is 1. The molecule has 0 spiro atoms. The van der Waals surface area contributed by atoms with E-state index in [1.165, 1.54) is 24.3 Å². The fraction of sp³-hybridized carbons (Fsp3) is 0.125. The van der Waals surface area contributed by atoms with Gasteiger partial charge in [0.1, 0.15) is 5.75 Å². The zero-order chi connectivity index (χ0) is 17.5. The fourth-order valence-electron chi connectivity index (χ4n) is 1.75. The molecule has 0 atom stereocenters. The summed E-state index contributed by atoms with van der Waals surface area (Å²) < 4.78 is 33.7. The highest BCUT2D eigenvalue weighted by Gasteiger charge is 2.13.